The molecular weight excluding hydrogens is 398 g/mol. The van der Waals surface area contributed by atoms with Crippen LogP contribution in [-0.4, -0.2) is 19.6 Å². The molecule has 0 fully saturated rings. The number of hydrogen-bond acceptors (Lipinski definition) is 4. The highest BCUT2D eigenvalue weighted by atomic mass is 35.5. The number of aromatic nitrogens is 4. The second-order valence-corrected chi connectivity index (χ2v) is 6.65. The van der Waals surface area contributed by atoms with Gasteiger partial charge in [-0.15, -0.1) is 0 Å². The highest BCUT2D eigenvalue weighted by Gasteiger charge is 2.08. The average molecular weight is 412 g/mol. The van der Waals surface area contributed by atoms with Crippen molar-refractivity contribution in [3.8, 4) is 0 Å². The Morgan fingerprint density at radius 3 is 1.46 bits per heavy atom. The third-order valence-corrected chi connectivity index (χ3v) is 4.87. The summed E-state index contributed by atoms with van der Waals surface area (Å²) in [4.78, 5) is 23.6. The molecule has 10 heteroatoms. The van der Waals surface area contributed by atoms with Gasteiger partial charge in [-0.05, 0) is 12.8 Å². The SMILES string of the molecule is O=c1c(Cl)c(Cl)cnn1CCCCCCn1ncc(Cl)c(Cl)c1=O. The van der Waals surface area contributed by atoms with Gasteiger partial charge in [-0.3, -0.25) is 9.59 Å². The molecular formula is C14H14Cl4N4O2. The van der Waals surface area contributed by atoms with Gasteiger partial charge in [0, 0.05) is 13.1 Å². The van der Waals surface area contributed by atoms with E-state index in [1.54, 1.807) is 0 Å². The van der Waals surface area contributed by atoms with Crippen molar-refractivity contribution in [2.75, 3.05) is 0 Å². The first-order valence-electron chi connectivity index (χ1n) is 7.24. The molecule has 2 aromatic rings. The van der Waals surface area contributed by atoms with E-state index in [9.17, 15) is 9.59 Å². The van der Waals surface area contributed by atoms with Crippen LogP contribution in [0.25, 0.3) is 0 Å². The molecule has 24 heavy (non-hydrogen) atoms. The Balaban J connectivity index is 1.77. The van der Waals surface area contributed by atoms with E-state index in [0.717, 1.165) is 25.7 Å². The quantitative estimate of drug-likeness (QED) is 0.651. The van der Waals surface area contributed by atoms with Crippen LogP contribution in [0.3, 0.4) is 0 Å². The Morgan fingerprint density at radius 2 is 1.08 bits per heavy atom. The zero-order chi connectivity index (χ0) is 17.7. The highest BCUT2D eigenvalue weighted by Crippen LogP contribution is 2.15. The van der Waals surface area contributed by atoms with Crippen LogP contribution in [0.2, 0.25) is 20.1 Å². The summed E-state index contributed by atoms with van der Waals surface area (Å²) in [5.74, 6) is 0. The summed E-state index contributed by atoms with van der Waals surface area (Å²) in [5, 5.41) is 8.14. The lowest BCUT2D eigenvalue weighted by molar-refractivity contribution is 0.483. The first-order chi connectivity index (χ1) is 11.4. The fourth-order valence-electron chi connectivity index (χ4n) is 2.09. The van der Waals surface area contributed by atoms with Gasteiger partial charge >= 0.3 is 0 Å². The summed E-state index contributed by atoms with van der Waals surface area (Å²) in [6.45, 7) is 0.918. The lowest BCUT2D eigenvalue weighted by Gasteiger charge is -2.07. The van der Waals surface area contributed by atoms with Gasteiger partial charge in [-0.25, -0.2) is 9.36 Å². The van der Waals surface area contributed by atoms with Crippen molar-refractivity contribution in [1.82, 2.24) is 19.6 Å². The lowest BCUT2D eigenvalue weighted by atomic mass is 10.2. The molecule has 2 aromatic heterocycles. The molecule has 0 aliphatic rings. The van der Waals surface area contributed by atoms with Crippen molar-refractivity contribution < 1.29 is 0 Å². The summed E-state index contributed by atoms with van der Waals surface area (Å²) in [6.07, 6.45) is 5.96. The largest absolute Gasteiger partial charge is 0.287 e. The number of aryl methyl sites for hydroxylation is 2. The molecule has 0 aromatic carbocycles. The average Bonchev–Trinajstić information content (AvgIpc) is 2.57. The molecule has 6 nitrogen and oxygen atoms in total. The predicted octanol–water partition coefficient (Wildman–Crippen LogP) is 3.67. The number of nitrogens with zero attached hydrogens (tertiary/aromatic N) is 4. The number of unbranched alkanes of at least 4 members (excludes halogenated alkanes) is 3. The Morgan fingerprint density at radius 1 is 0.708 bits per heavy atom. The molecule has 0 bridgehead atoms. The van der Waals surface area contributed by atoms with Gasteiger partial charge in [0.25, 0.3) is 11.1 Å². The van der Waals surface area contributed by atoms with E-state index in [0.29, 0.717) is 13.1 Å². The van der Waals surface area contributed by atoms with Gasteiger partial charge in [0.2, 0.25) is 0 Å². The van der Waals surface area contributed by atoms with Gasteiger partial charge < -0.3 is 0 Å². The van der Waals surface area contributed by atoms with Crippen molar-refractivity contribution in [3.05, 3.63) is 53.2 Å². The Bertz CT molecular complexity index is 765. The molecule has 0 unspecified atom stereocenters. The highest BCUT2D eigenvalue weighted by molar-refractivity contribution is 6.42. The van der Waals surface area contributed by atoms with Crippen molar-refractivity contribution in [1.29, 1.82) is 0 Å². The monoisotopic (exact) mass is 410 g/mol. The van der Waals surface area contributed by atoms with Crippen LogP contribution in [0.5, 0.6) is 0 Å². The second-order valence-electron chi connectivity index (χ2n) is 5.08. The van der Waals surface area contributed by atoms with Gasteiger partial charge in [0.1, 0.15) is 10.0 Å². The molecule has 0 spiro atoms. The van der Waals surface area contributed by atoms with Gasteiger partial charge in [-0.1, -0.05) is 59.2 Å². The minimum absolute atomic E-state index is 0.0169. The van der Waals surface area contributed by atoms with E-state index < -0.39 is 11.1 Å². The minimum Gasteiger partial charge on any atom is -0.266 e. The maximum absolute atomic E-state index is 11.8. The number of hydrogen-bond donors (Lipinski definition) is 0. The van der Waals surface area contributed by atoms with Crippen molar-refractivity contribution in [2.24, 2.45) is 0 Å². The first-order valence-corrected chi connectivity index (χ1v) is 8.75. The second kappa shape index (κ2) is 8.85. The van der Waals surface area contributed by atoms with E-state index in [2.05, 4.69) is 10.2 Å². The van der Waals surface area contributed by atoms with Crippen LogP contribution in [0.15, 0.2) is 22.0 Å². The summed E-state index contributed by atoms with van der Waals surface area (Å²) in [6, 6.07) is 0. The van der Waals surface area contributed by atoms with Crippen LogP contribution in [0.1, 0.15) is 25.7 Å². The fourth-order valence-corrected chi connectivity index (χ4v) is 2.63. The standard InChI is InChI=1S/C14H14Cl4N4O2/c15-9-7-19-21(13(23)11(9)17)5-3-1-2-4-6-22-14(24)12(18)10(16)8-20-22/h7-8H,1-6H2. The topological polar surface area (TPSA) is 69.8 Å². The zero-order valence-electron chi connectivity index (χ0n) is 12.5. The van der Waals surface area contributed by atoms with Crippen molar-refractivity contribution in [2.45, 2.75) is 38.8 Å². The molecule has 2 heterocycles. The summed E-state index contributed by atoms with van der Waals surface area (Å²) in [5.41, 5.74) is -0.786. The summed E-state index contributed by atoms with van der Waals surface area (Å²) >= 11 is 23.0. The maximum Gasteiger partial charge on any atom is 0.287 e. The predicted molar refractivity (Wildman–Crippen MR) is 95.5 cm³/mol. The first kappa shape index (κ1) is 19.2. The van der Waals surface area contributed by atoms with Crippen LogP contribution in [-0.2, 0) is 13.1 Å². The Labute approximate surface area is 157 Å². The van der Waals surface area contributed by atoms with Crippen molar-refractivity contribution in [3.63, 3.8) is 0 Å². The van der Waals surface area contributed by atoms with Gasteiger partial charge in [-0.2, -0.15) is 10.2 Å². The molecule has 0 saturated carbocycles. The summed E-state index contributed by atoms with van der Waals surface area (Å²) in [7, 11) is 0. The molecule has 0 aliphatic heterocycles. The van der Waals surface area contributed by atoms with Crippen LogP contribution in [0.4, 0.5) is 0 Å². The third kappa shape index (κ3) is 4.72. The van der Waals surface area contributed by atoms with E-state index in [-0.39, 0.29) is 20.1 Å². The Hall–Kier alpha value is -1.08. The van der Waals surface area contributed by atoms with Gasteiger partial charge in [0.05, 0.1) is 22.4 Å². The minimum atomic E-state index is -0.393. The van der Waals surface area contributed by atoms with E-state index in [4.69, 9.17) is 46.4 Å². The normalized spacial score (nSPS) is 11.0. The maximum atomic E-state index is 11.8. The van der Waals surface area contributed by atoms with Crippen LogP contribution < -0.4 is 11.1 Å². The fraction of sp³-hybridized carbons (Fsp3) is 0.429. The van der Waals surface area contributed by atoms with Gasteiger partial charge in [0.15, 0.2) is 0 Å². The molecule has 130 valence electrons. The van der Waals surface area contributed by atoms with E-state index in [1.807, 2.05) is 0 Å². The molecule has 2 rings (SSSR count). The molecule has 0 radical (unpaired) electrons. The molecule has 0 aliphatic carbocycles. The smallest absolute Gasteiger partial charge is 0.266 e. The zero-order valence-corrected chi connectivity index (χ0v) is 15.5. The third-order valence-electron chi connectivity index (χ3n) is 3.37. The van der Waals surface area contributed by atoms with E-state index in [1.165, 1.54) is 21.8 Å². The molecule has 0 saturated heterocycles. The lowest BCUT2D eigenvalue weighted by Crippen LogP contribution is -2.23. The van der Waals surface area contributed by atoms with Crippen LogP contribution in [0, 0.1) is 0 Å². The Kier molecular flexibility index (Phi) is 7.10. The van der Waals surface area contributed by atoms with Crippen molar-refractivity contribution >= 4 is 46.4 Å². The number of rotatable bonds is 7. The number of halogens is 4. The van der Waals surface area contributed by atoms with E-state index >= 15 is 0 Å². The van der Waals surface area contributed by atoms with Crippen LogP contribution >= 0.6 is 46.4 Å². The molecule has 0 amide bonds. The molecule has 0 N–H and O–H groups in total. The summed E-state index contributed by atoms with van der Waals surface area (Å²) < 4.78 is 2.58. The molecule has 0 atom stereocenters.